The summed E-state index contributed by atoms with van der Waals surface area (Å²) >= 11 is 0. The van der Waals surface area contributed by atoms with Crippen molar-refractivity contribution >= 4 is 11.8 Å². The largest absolute Gasteiger partial charge is 0.436 e. The van der Waals surface area contributed by atoms with E-state index in [0.717, 1.165) is 0 Å². The van der Waals surface area contributed by atoms with Gasteiger partial charge in [-0.25, -0.2) is 10.2 Å². The Morgan fingerprint density at radius 3 is 2.83 bits per heavy atom. The molecular formula is C11H12FN5O. The number of aromatic nitrogens is 2. The van der Waals surface area contributed by atoms with E-state index in [1.54, 1.807) is 19.1 Å². The van der Waals surface area contributed by atoms with E-state index in [1.807, 2.05) is 0 Å². The molecule has 0 aliphatic carbocycles. The van der Waals surface area contributed by atoms with Gasteiger partial charge in [0, 0.05) is 6.07 Å². The molecule has 5 N–H and O–H groups in total. The molecule has 0 radical (unpaired) electrons. The Morgan fingerprint density at radius 1 is 1.33 bits per heavy atom. The minimum absolute atomic E-state index is 0.0199. The van der Waals surface area contributed by atoms with Crippen molar-refractivity contribution in [1.29, 1.82) is 0 Å². The summed E-state index contributed by atoms with van der Waals surface area (Å²) in [5.41, 5.74) is 8.26. The lowest BCUT2D eigenvalue weighted by molar-refractivity contribution is 0.425. The average molecular weight is 249 g/mol. The van der Waals surface area contributed by atoms with Crippen LogP contribution >= 0.6 is 0 Å². The zero-order chi connectivity index (χ0) is 13.1. The van der Waals surface area contributed by atoms with Crippen molar-refractivity contribution in [1.82, 2.24) is 9.97 Å². The molecule has 0 aliphatic heterocycles. The average Bonchev–Trinajstić information content (AvgIpc) is 2.34. The van der Waals surface area contributed by atoms with Gasteiger partial charge in [0.15, 0.2) is 11.6 Å². The number of nitrogen functional groups attached to an aromatic ring is 2. The molecule has 1 aromatic carbocycles. The fourth-order valence-corrected chi connectivity index (χ4v) is 1.38. The standard InChI is InChI=1S/C11H12FN5O/c1-6-3-2-4-7(10(6)12)18-9-5-8(17-14)15-11(13)16-9/h2-5H,14H2,1H3,(H3,13,15,16,17). The first kappa shape index (κ1) is 12.1. The molecule has 0 aliphatic rings. The number of rotatable bonds is 3. The summed E-state index contributed by atoms with van der Waals surface area (Å²) in [5, 5.41) is 0. The SMILES string of the molecule is Cc1cccc(Oc2cc(NN)nc(N)n2)c1F. The highest BCUT2D eigenvalue weighted by molar-refractivity contribution is 5.43. The highest BCUT2D eigenvalue weighted by atomic mass is 19.1. The second kappa shape index (κ2) is 4.84. The summed E-state index contributed by atoms with van der Waals surface area (Å²) in [6.07, 6.45) is 0. The van der Waals surface area contributed by atoms with Crippen LogP contribution in [0, 0.1) is 12.7 Å². The Kier molecular flexibility index (Phi) is 3.24. The van der Waals surface area contributed by atoms with Crippen LogP contribution in [0.4, 0.5) is 16.2 Å². The number of ether oxygens (including phenoxy) is 1. The lowest BCUT2D eigenvalue weighted by Gasteiger charge is -2.08. The summed E-state index contributed by atoms with van der Waals surface area (Å²) in [7, 11) is 0. The fraction of sp³-hybridized carbons (Fsp3) is 0.0909. The Bertz CT molecular complexity index is 575. The molecule has 0 saturated carbocycles. The van der Waals surface area contributed by atoms with E-state index in [1.165, 1.54) is 12.1 Å². The van der Waals surface area contributed by atoms with Gasteiger partial charge in [0.2, 0.25) is 11.8 Å². The van der Waals surface area contributed by atoms with Gasteiger partial charge in [-0.2, -0.15) is 9.97 Å². The fourth-order valence-electron chi connectivity index (χ4n) is 1.38. The van der Waals surface area contributed by atoms with E-state index in [4.69, 9.17) is 16.3 Å². The lowest BCUT2D eigenvalue weighted by atomic mass is 10.2. The number of nitrogens with two attached hydrogens (primary N) is 2. The van der Waals surface area contributed by atoms with Crippen molar-refractivity contribution in [3.05, 3.63) is 35.6 Å². The zero-order valence-electron chi connectivity index (χ0n) is 9.64. The van der Waals surface area contributed by atoms with Crippen LogP contribution in [0.2, 0.25) is 0 Å². The quantitative estimate of drug-likeness (QED) is 0.564. The van der Waals surface area contributed by atoms with Crippen molar-refractivity contribution in [3.63, 3.8) is 0 Å². The van der Waals surface area contributed by atoms with Crippen molar-refractivity contribution in [2.75, 3.05) is 11.2 Å². The number of hydrazine groups is 1. The highest BCUT2D eigenvalue weighted by Gasteiger charge is 2.09. The first-order valence-corrected chi connectivity index (χ1v) is 5.14. The second-order valence-electron chi connectivity index (χ2n) is 3.58. The molecule has 2 aromatic rings. The van der Waals surface area contributed by atoms with Crippen LogP contribution in [0.25, 0.3) is 0 Å². The summed E-state index contributed by atoms with van der Waals surface area (Å²) in [4.78, 5) is 7.62. The van der Waals surface area contributed by atoms with Gasteiger partial charge in [-0.3, -0.25) is 0 Å². The summed E-state index contributed by atoms with van der Waals surface area (Å²) < 4.78 is 19.0. The number of nitrogens with one attached hydrogen (secondary N) is 1. The molecule has 0 fully saturated rings. The highest BCUT2D eigenvalue weighted by Crippen LogP contribution is 2.26. The van der Waals surface area contributed by atoms with Crippen LogP contribution in [0.1, 0.15) is 5.56 Å². The molecule has 94 valence electrons. The van der Waals surface area contributed by atoms with E-state index < -0.39 is 5.82 Å². The number of hydrogen-bond acceptors (Lipinski definition) is 6. The second-order valence-corrected chi connectivity index (χ2v) is 3.58. The maximum Gasteiger partial charge on any atom is 0.226 e. The molecule has 6 nitrogen and oxygen atoms in total. The van der Waals surface area contributed by atoms with E-state index >= 15 is 0 Å². The summed E-state index contributed by atoms with van der Waals surface area (Å²) in [6.45, 7) is 1.64. The van der Waals surface area contributed by atoms with Crippen molar-refractivity contribution < 1.29 is 9.13 Å². The molecule has 0 atom stereocenters. The van der Waals surface area contributed by atoms with E-state index in [0.29, 0.717) is 5.56 Å². The van der Waals surface area contributed by atoms with Crippen LogP contribution in [0.5, 0.6) is 11.6 Å². The van der Waals surface area contributed by atoms with Crippen LogP contribution in [0.15, 0.2) is 24.3 Å². The Labute approximate surface area is 103 Å². The predicted molar refractivity (Wildman–Crippen MR) is 65.5 cm³/mol. The smallest absolute Gasteiger partial charge is 0.226 e. The van der Waals surface area contributed by atoms with Crippen molar-refractivity contribution in [3.8, 4) is 11.6 Å². The maximum atomic E-state index is 13.7. The minimum Gasteiger partial charge on any atom is -0.436 e. The Balaban J connectivity index is 2.34. The van der Waals surface area contributed by atoms with Crippen LogP contribution in [-0.4, -0.2) is 9.97 Å². The first-order chi connectivity index (χ1) is 8.60. The van der Waals surface area contributed by atoms with Gasteiger partial charge in [-0.1, -0.05) is 12.1 Å². The molecule has 0 saturated heterocycles. The normalized spacial score (nSPS) is 10.2. The molecule has 0 bridgehead atoms. The van der Waals surface area contributed by atoms with Gasteiger partial charge in [0.05, 0.1) is 0 Å². The van der Waals surface area contributed by atoms with Gasteiger partial charge < -0.3 is 15.9 Å². The molecule has 1 aromatic heterocycles. The molecule has 0 amide bonds. The number of hydrogen-bond donors (Lipinski definition) is 3. The van der Waals surface area contributed by atoms with Crippen molar-refractivity contribution in [2.24, 2.45) is 5.84 Å². The number of aryl methyl sites for hydroxylation is 1. The lowest BCUT2D eigenvalue weighted by Crippen LogP contribution is -2.10. The van der Waals surface area contributed by atoms with Gasteiger partial charge in [-0.05, 0) is 18.6 Å². The molecule has 1 heterocycles. The van der Waals surface area contributed by atoms with Crippen LogP contribution < -0.4 is 21.7 Å². The van der Waals surface area contributed by atoms with E-state index in [9.17, 15) is 4.39 Å². The Hall–Kier alpha value is -2.41. The van der Waals surface area contributed by atoms with E-state index in [-0.39, 0.29) is 23.4 Å². The van der Waals surface area contributed by atoms with Gasteiger partial charge in [0.1, 0.15) is 5.82 Å². The predicted octanol–water partition coefficient (Wildman–Crippen LogP) is 1.58. The number of halogens is 1. The third-order valence-electron chi connectivity index (χ3n) is 2.24. The minimum atomic E-state index is -0.447. The maximum absolute atomic E-state index is 13.7. The molecule has 7 heteroatoms. The number of benzene rings is 1. The molecule has 0 spiro atoms. The van der Waals surface area contributed by atoms with Gasteiger partial charge in [-0.15, -0.1) is 0 Å². The molecule has 18 heavy (non-hydrogen) atoms. The van der Waals surface area contributed by atoms with Crippen molar-refractivity contribution in [2.45, 2.75) is 6.92 Å². The number of anilines is 2. The zero-order valence-corrected chi connectivity index (χ0v) is 9.64. The monoisotopic (exact) mass is 249 g/mol. The summed E-state index contributed by atoms with van der Waals surface area (Å²) in [5.74, 6) is 5.20. The first-order valence-electron chi connectivity index (χ1n) is 5.14. The van der Waals surface area contributed by atoms with Gasteiger partial charge >= 0.3 is 0 Å². The van der Waals surface area contributed by atoms with Crippen LogP contribution in [0.3, 0.4) is 0 Å². The van der Waals surface area contributed by atoms with E-state index in [2.05, 4.69) is 15.4 Å². The Morgan fingerprint density at radius 2 is 2.11 bits per heavy atom. The topological polar surface area (TPSA) is 99.1 Å². The molecular weight excluding hydrogens is 237 g/mol. The number of nitrogens with zero attached hydrogens (tertiary/aromatic N) is 2. The summed E-state index contributed by atoms with van der Waals surface area (Å²) in [6, 6.07) is 6.23. The third-order valence-corrected chi connectivity index (χ3v) is 2.24. The molecule has 2 rings (SSSR count). The van der Waals surface area contributed by atoms with Gasteiger partial charge in [0.25, 0.3) is 0 Å². The molecule has 0 unspecified atom stereocenters. The third kappa shape index (κ3) is 2.46. The van der Waals surface area contributed by atoms with Crippen LogP contribution in [-0.2, 0) is 0 Å².